The van der Waals surface area contributed by atoms with E-state index < -0.39 is 10.5 Å². The van der Waals surface area contributed by atoms with E-state index in [1.807, 2.05) is 84.9 Å². The number of quaternary nitrogens is 2. The molecule has 0 radical (unpaired) electrons. The molecule has 0 heterocycles. The van der Waals surface area contributed by atoms with Crippen molar-refractivity contribution in [2.75, 3.05) is 26.4 Å². The molecule has 0 fully saturated rings. The quantitative estimate of drug-likeness (QED) is 0.194. The lowest BCUT2D eigenvalue weighted by molar-refractivity contribution is -0.999. The van der Waals surface area contributed by atoms with Crippen molar-refractivity contribution in [2.45, 2.75) is 0 Å². The zero-order chi connectivity index (χ0) is 26.2. The van der Waals surface area contributed by atoms with E-state index in [4.69, 9.17) is 19.1 Å². The van der Waals surface area contributed by atoms with Crippen LogP contribution in [0.25, 0.3) is 21.5 Å². The van der Waals surface area contributed by atoms with Gasteiger partial charge in [0.25, 0.3) is 0 Å². The van der Waals surface area contributed by atoms with Crippen molar-refractivity contribution < 1.29 is 29.6 Å². The highest BCUT2D eigenvalue weighted by Gasteiger charge is 2.09. The largest absolute Gasteiger partial charge is 0.595 e. The van der Waals surface area contributed by atoms with Gasteiger partial charge in [-0.05, 0) is 45.8 Å². The fraction of sp³-hybridized carbons (Fsp3) is 0.133. The van der Waals surface area contributed by atoms with Gasteiger partial charge in [0.2, 0.25) is 0 Å². The minimum atomic E-state index is -0.490. The van der Waals surface area contributed by atoms with E-state index in [2.05, 4.69) is 0 Å². The number of benzene rings is 5. The Hall–Kier alpha value is -4.02. The molecule has 5 rings (SSSR count). The van der Waals surface area contributed by atoms with Crippen molar-refractivity contribution in [1.29, 1.82) is 0 Å². The molecule has 2 unspecified atom stereocenters. The molecule has 8 heteroatoms. The lowest BCUT2D eigenvalue weighted by Gasteiger charge is -2.21. The predicted molar refractivity (Wildman–Crippen MR) is 145 cm³/mol. The Morgan fingerprint density at radius 1 is 0.447 bits per heavy atom. The fourth-order valence-corrected chi connectivity index (χ4v) is 4.01. The second-order valence-electron chi connectivity index (χ2n) is 8.56. The molecule has 0 aromatic heterocycles. The van der Waals surface area contributed by atoms with E-state index in [1.54, 1.807) is 0 Å². The molecule has 38 heavy (non-hydrogen) atoms. The van der Waals surface area contributed by atoms with Gasteiger partial charge in [0.05, 0.1) is 0 Å². The Bertz CT molecular complexity index is 1360. The van der Waals surface area contributed by atoms with E-state index >= 15 is 0 Å². The van der Waals surface area contributed by atoms with Crippen LogP contribution in [0, 0.1) is 10.4 Å². The number of rotatable bonds is 12. The molecule has 0 aliphatic rings. The van der Waals surface area contributed by atoms with Crippen LogP contribution in [-0.4, -0.2) is 26.4 Å². The van der Waals surface area contributed by atoms with Crippen LogP contribution >= 0.6 is 0 Å². The number of nitrogens with one attached hydrogen (secondary N) is 2. The maximum atomic E-state index is 12.3. The minimum absolute atomic E-state index is 0.104. The highest BCUT2D eigenvalue weighted by Crippen LogP contribution is 2.21. The second kappa shape index (κ2) is 12.5. The first-order chi connectivity index (χ1) is 18.7. The van der Waals surface area contributed by atoms with E-state index in [1.165, 1.54) is 24.3 Å². The maximum absolute atomic E-state index is 12.3. The average molecular weight is 513 g/mol. The third-order valence-corrected chi connectivity index (χ3v) is 5.97. The summed E-state index contributed by atoms with van der Waals surface area (Å²) in [6.07, 6.45) is 0. The number of ether oxygens (including phenoxy) is 2. The molecule has 0 bridgehead atoms. The van der Waals surface area contributed by atoms with Crippen molar-refractivity contribution in [3.05, 3.63) is 120 Å². The molecule has 8 nitrogen and oxygen atoms in total. The Balaban J connectivity index is 1.02. The summed E-state index contributed by atoms with van der Waals surface area (Å²) >= 11 is 0. The number of fused-ring (bicyclic) bond motifs is 2. The van der Waals surface area contributed by atoms with Crippen molar-refractivity contribution >= 4 is 32.9 Å². The highest BCUT2D eigenvalue weighted by atomic mass is 16.9. The lowest BCUT2D eigenvalue weighted by Crippen LogP contribution is -3.02. The smallest absolute Gasteiger partial charge is 0.164 e. The normalized spacial score (nSPS) is 12.9. The predicted octanol–water partition coefficient (Wildman–Crippen LogP) is 4.04. The van der Waals surface area contributed by atoms with Gasteiger partial charge in [0.15, 0.2) is 11.4 Å². The van der Waals surface area contributed by atoms with Crippen LogP contribution in [0.2, 0.25) is 0 Å². The van der Waals surface area contributed by atoms with Gasteiger partial charge in [-0.3, -0.25) is 0 Å². The summed E-state index contributed by atoms with van der Waals surface area (Å²) in [7, 11) is 0. The summed E-state index contributed by atoms with van der Waals surface area (Å²) < 4.78 is 11.4. The van der Waals surface area contributed by atoms with Gasteiger partial charge in [0, 0.05) is 24.3 Å². The van der Waals surface area contributed by atoms with E-state index in [9.17, 15) is 10.4 Å². The zero-order valence-corrected chi connectivity index (χ0v) is 20.7. The first kappa shape index (κ1) is 25.6. The fourth-order valence-electron chi connectivity index (χ4n) is 4.01. The van der Waals surface area contributed by atoms with Gasteiger partial charge < -0.3 is 19.9 Å². The molecule has 0 saturated carbocycles. The average Bonchev–Trinajstić information content (AvgIpc) is 2.97. The van der Waals surface area contributed by atoms with Crippen LogP contribution in [0.5, 0.6) is 11.5 Å². The van der Waals surface area contributed by atoms with E-state index in [0.29, 0.717) is 22.9 Å². The topological polar surface area (TPSA) is 91.9 Å². The number of hydrogen-bond acceptors (Lipinski definition) is 6. The van der Waals surface area contributed by atoms with Gasteiger partial charge in [-0.1, -0.05) is 60.7 Å². The Labute approximate surface area is 220 Å². The highest BCUT2D eigenvalue weighted by molar-refractivity contribution is 5.84. The molecule has 0 saturated heterocycles. The molecule has 0 amide bonds. The molecule has 0 aliphatic heterocycles. The summed E-state index contributed by atoms with van der Waals surface area (Å²) in [6, 6.07) is 33.8. The van der Waals surface area contributed by atoms with Crippen molar-refractivity contribution in [2.24, 2.45) is 0 Å². The third-order valence-electron chi connectivity index (χ3n) is 5.97. The van der Waals surface area contributed by atoms with Crippen LogP contribution in [0.4, 0.5) is 11.4 Å². The molecule has 5 aromatic carbocycles. The standard InChI is InChI=1S/C30H28N2O6/c33-31(37-19-17-35-29-15-9-23-5-1-3-7-25(23)21-29)27-11-13-28(14-12-27)32(34)38-20-18-36-30-16-10-24-6-2-4-8-26(24)22-30/h1-16,21-22,31-32H,17-20H2. The van der Waals surface area contributed by atoms with Crippen molar-refractivity contribution in [1.82, 2.24) is 0 Å². The lowest BCUT2D eigenvalue weighted by atomic mass is 10.1. The zero-order valence-electron chi connectivity index (χ0n) is 20.7. The first-order valence-electron chi connectivity index (χ1n) is 12.3. The van der Waals surface area contributed by atoms with Gasteiger partial charge in [-0.15, -0.1) is 0 Å². The summed E-state index contributed by atoms with van der Waals surface area (Å²) in [5, 5.41) is 28.1. The van der Waals surface area contributed by atoms with Gasteiger partial charge >= 0.3 is 0 Å². The Morgan fingerprint density at radius 3 is 1.26 bits per heavy atom. The summed E-state index contributed by atoms with van der Waals surface area (Å²) in [6.45, 7) is 0.671. The molecular formula is C30H28N2O6. The summed E-state index contributed by atoms with van der Waals surface area (Å²) in [5.74, 6) is 1.43. The molecule has 0 spiro atoms. The van der Waals surface area contributed by atoms with Crippen LogP contribution in [0.1, 0.15) is 0 Å². The Kier molecular flexibility index (Phi) is 8.42. The van der Waals surface area contributed by atoms with Crippen LogP contribution in [-0.2, 0) is 9.68 Å². The third kappa shape index (κ3) is 6.64. The number of hydrogen-bond donors (Lipinski definition) is 2. The van der Waals surface area contributed by atoms with Crippen LogP contribution in [0.15, 0.2) is 109 Å². The second-order valence-corrected chi connectivity index (χ2v) is 8.56. The molecule has 5 aromatic rings. The van der Waals surface area contributed by atoms with Crippen LogP contribution < -0.4 is 19.9 Å². The molecular weight excluding hydrogens is 484 g/mol. The molecule has 2 atom stereocenters. The summed E-state index contributed by atoms with van der Waals surface area (Å²) in [4.78, 5) is 10.6. The summed E-state index contributed by atoms with van der Waals surface area (Å²) in [5.41, 5.74) is 0.679. The van der Waals surface area contributed by atoms with Gasteiger partial charge in [-0.2, -0.15) is 20.1 Å². The monoisotopic (exact) mass is 512 g/mol. The minimum Gasteiger partial charge on any atom is -0.595 e. The molecule has 2 N–H and O–H groups in total. The SMILES string of the molecule is [O-][NH+](OCCOc1ccc2ccccc2c1)c1ccc([NH+]([O-])OCCOc2ccc3ccccc3c2)cc1. The first-order valence-corrected chi connectivity index (χ1v) is 12.3. The molecule has 194 valence electrons. The van der Waals surface area contributed by atoms with Crippen molar-refractivity contribution in [3.8, 4) is 11.5 Å². The van der Waals surface area contributed by atoms with E-state index in [0.717, 1.165) is 21.5 Å². The van der Waals surface area contributed by atoms with Crippen LogP contribution in [0.3, 0.4) is 0 Å². The van der Waals surface area contributed by atoms with Crippen molar-refractivity contribution in [3.63, 3.8) is 0 Å². The maximum Gasteiger partial charge on any atom is 0.164 e. The van der Waals surface area contributed by atoms with Gasteiger partial charge in [-0.25, -0.2) is 0 Å². The Morgan fingerprint density at radius 2 is 0.842 bits per heavy atom. The van der Waals surface area contributed by atoms with Gasteiger partial charge in [0.1, 0.15) is 37.9 Å². The molecule has 0 aliphatic carbocycles. The van der Waals surface area contributed by atoms with E-state index in [-0.39, 0.29) is 26.4 Å².